The van der Waals surface area contributed by atoms with E-state index >= 15 is 0 Å². The number of amides is 1. The van der Waals surface area contributed by atoms with Crippen molar-refractivity contribution in [1.82, 2.24) is 9.21 Å². The summed E-state index contributed by atoms with van der Waals surface area (Å²) >= 11 is 3.43. The molecule has 7 nitrogen and oxygen atoms in total. The lowest BCUT2D eigenvalue weighted by Crippen LogP contribution is -2.50. The molecule has 1 heterocycles. The summed E-state index contributed by atoms with van der Waals surface area (Å²) in [4.78, 5) is 14.4. The van der Waals surface area contributed by atoms with Crippen LogP contribution in [-0.2, 0) is 10.0 Å². The molecule has 1 aliphatic rings. The second kappa shape index (κ2) is 8.37. The normalized spacial score (nSPS) is 15.9. The third kappa shape index (κ3) is 4.86. The number of piperazine rings is 1. The summed E-state index contributed by atoms with van der Waals surface area (Å²) in [6.45, 7) is 3.89. The quantitative estimate of drug-likeness (QED) is 0.683. The van der Waals surface area contributed by atoms with Gasteiger partial charge in [0.15, 0.2) is 11.5 Å². The van der Waals surface area contributed by atoms with E-state index in [0.29, 0.717) is 54.3 Å². The van der Waals surface area contributed by atoms with Crippen LogP contribution in [0.1, 0.15) is 23.7 Å². The zero-order valence-corrected chi connectivity index (χ0v) is 17.0. The number of methoxy groups -OCH3 is 1. The minimum atomic E-state index is -3.22. The fraction of sp³-hybridized carbons (Fsp3) is 0.562. The first kappa shape index (κ1) is 20.0. The van der Waals surface area contributed by atoms with Crippen LogP contribution in [0, 0.1) is 0 Å². The van der Waals surface area contributed by atoms with Crippen LogP contribution in [0.5, 0.6) is 11.5 Å². The van der Waals surface area contributed by atoms with Gasteiger partial charge in [-0.2, -0.15) is 4.31 Å². The number of hydrogen-bond acceptors (Lipinski definition) is 5. The van der Waals surface area contributed by atoms with Crippen LogP contribution in [0.2, 0.25) is 0 Å². The summed E-state index contributed by atoms with van der Waals surface area (Å²) in [7, 11) is -1.69. The van der Waals surface area contributed by atoms with Crippen LogP contribution in [0.15, 0.2) is 16.6 Å². The number of halogens is 1. The molecule has 1 amide bonds. The Morgan fingerprint density at radius 2 is 1.88 bits per heavy atom. The van der Waals surface area contributed by atoms with Gasteiger partial charge >= 0.3 is 0 Å². The number of sulfonamides is 1. The summed E-state index contributed by atoms with van der Waals surface area (Å²) < 4.78 is 36.2. The Labute approximate surface area is 157 Å². The topological polar surface area (TPSA) is 76.2 Å². The van der Waals surface area contributed by atoms with E-state index in [2.05, 4.69) is 15.9 Å². The van der Waals surface area contributed by atoms with Crippen molar-refractivity contribution in [2.24, 2.45) is 0 Å². The van der Waals surface area contributed by atoms with Crippen LogP contribution < -0.4 is 9.47 Å². The maximum atomic E-state index is 12.7. The smallest absolute Gasteiger partial charge is 0.254 e. The molecule has 0 bridgehead atoms. The van der Waals surface area contributed by atoms with Gasteiger partial charge in [0.25, 0.3) is 5.91 Å². The SMILES string of the molecule is CCCOc1c(Br)cc(C(=O)N2CCN(S(C)(=O)=O)CC2)cc1OC. The lowest BCUT2D eigenvalue weighted by Gasteiger charge is -2.33. The highest BCUT2D eigenvalue weighted by Gasteiger charge is 2.27. The summed E-state index contributed by atoms with van der Waals surface area (Å²) in [6.07, 6.45) is 2.04. The summed E-state index contributed by atoms with van der Waals surface area (Å²) in [5.41, 5.74) is 0.473. The molecular weight excluding hydrogens is 412 g/mol. The molecule has 0 N–H and O–H groups in total. The lowest BCUT2D eigenvalue weighted by molar-refractivity contribution is 0.0697. The number of carbonyl (C=O) groups is 1. The van der Waals surface area contributed by atoms with Crippen LogP contribution in [0.3, 0.4) is 0 Å². The summed E-state index contributed by atoms with van der Waals surface area (Å²) in [5.74, 6) is 0.901. The Morgan fingerprint density at radius 1 is 1.24 bits per heavy atom. The molecule has 1 saturated heterocycles. The fourth-order valence-electron chi connectivity index (χ4n) is 2.59. The van der Waals surface area contributed by atoms with Crippen LogP contribution in [-0.4, -0.2) is 69.7 Å². The first-order valence-corrected chi connectivity index (χ1v) is 10.7. The highest BCUT2D eigenvalue weighted by molar-refractivity contribution is 9.10. The van der Waals surface area contributed by atoms with Gasteiger partial charge in [-0.1, -0.05) is 6.92 Å². The number of ether oxygens (including phenoxy) is 2. The average Bonchev–Trinajstić information content (AvgIpc) is 2.58. The van der Waals surface area contributed by atoms with Crippen molar-refractivity contribution in [2.75, 3.05) is 46.2 Å². The van der Waals surface area contributed by atoms with E-state index in [1.54, 1.807) is 17.0 Å². The minimum absolute atomic E-state index is 0.158. The van der Waals surface area contributed by atoms with Gasteiger partial charge < -0.3 is 14.4 Å². The van der Waals surface area contributed by atoms with Crippen molar-refractivity contribution in [3.8, 4) is 11.5 Å². The molecular formula is C16H23BrN2O5S. The maximum Gasteiger partial charge on any atom is 0.254 e. The summed E-state index contributed by atoms with van der Waals surface area (Å²) in [6, 6.07) is 3.36. The molecule has 2 rings (SSSR count). The molecule has 1 aromatic carbocycles. The Balaban J connectivity index is 2.16. The van der Waals surface area contributed by atoms with Gasteiger partial charge in [0, 0.05) is 31.7 Å². The van der Waals surface area contributed by atoms with Gasteiger partial charge in [0.05, 0.1) is 24.4 Å². The van der Waals surface area contributed by atoms with Crippen LogP contribution >= 0.6 is 15.9 Å². The van der Waals surface area contributed by atoms with E-state index in [0.717, 1.165) is 6.42 Å². The lowest BCUT2D eigenvalue weighted by atomic mass is 10.1. The zero-order valence-electron chi connectivity index (χ0n) is 14.6. The van der Waals surface area contributed by atoms with Gasteiger partial charge in [-0.05, 0) is 34.5 Å². The Hall–Kier alpha value is -1.32. The number of carbonyl (C=O) groups excluding carboxylic acids is 1. The second-order valence-corrected chi connectivity index (χ2v) is 8.63. The third-order valence-electron chi connectivity index (χ3n) is 3.92. The molecule has 140 valence electrons. The second-order valence-electron chi connectivity index (χ2n) is 5.79. The van der Waals surface area contributed by atoms with Crippen molar-refractivity contribution in [3.63, 3.8) is 0 Å². The Kier molecular flexibility index (Phi) is 6.70. The first-order chi connectivity index (χ1) is 11.8. The molecule has 0 unspecified atom stereocenters. The predicted molar refractivity (Wildman–Crippen MR) is 98.8 cm³/mol. The molecule has 0 radical (unpaired) electrons. The highest BCUT2D eigenvalue weighted by Crippen LogP contribution is 2.37. The van der Waals surface area contributed by atoms with Crippen LogP contribution in [0.25, 0.3) is 0 Å². The molecule has 0 saturated carbocycles. The van der Waals surface area contributed by atoms with Crippen molar-refractivity contribution in [1.29, 1.82) is 0 Å². The Morgan fingerprint density at radius 3 is 2.40 bits per heavy atom. The van der Waals surface area contributed by atoms with Gasteiger partial charge in [0.1, 0.15) is 0 Å². The summed E-state index contributed by atoms with van der Waals surface area (Å²) in [5, 5.41) is 0. The van der Waals surface area contributed by atoms with Crippen molar-refractivity contribution >= 4 is 31.9 Å². The monoisotopic (exact) mass is 434 g/mol. The van der Waals surface area contributed by atoms with E-state index in [1.165, 1.54) is 17.7 Å². The first-order valence-electron chi connectivity index (χ1n) is 8.02. The van der Waals surface area contributed by atoms with E-state index in [-0.39, 0.29) is 5.91 Å². The molecule has 1 aromatic rings. The standard InChI is InChI=1S/C16H23BrN2O5S/c1-4-9-24-15-13(17)10-12(11-14(15)23-2)16(20)18-5-7-19(8-6-18)25(3,21)22/h10-11H,4-9H2,1-3H3. The van der Waals surface area contributed by atoms with Gasteiger partial charge in [-0.15, -0.1) is 0 Å². The number of hydrogen-bond donors (Lipinski definition) is 0. The molecule has 1 fully saturated rings. The van der Waals surface area contributed by atoms with E-state index in [9.17, 15) is 13.2 Å². The van der Waals surface area contributed by atoms with Crippen molar-refractivity contribution in [3.05, 3.63) is 22.2 Å². The van der Waals surface area contributed by atoms with Gasteiger partial charge in [0.2, 0.25) is 10.0 Å². The van der Waals surface area contributed by atoms with Crippen molar-refractivity contribution < 1.29 is 22.7 Å². The molecule has 0 atom stereocenters. The number of nitrogens with zero attached hydrogens (tertiary/aromatic N) is 2. The van der Waals surface area contributed by atoms with E-state index in [4.69, 9.17) is 9.47 Å². The molecule has 9 heteroatoms. The molecule has 0 aliphatic carbocycles. The minimum Gasteiger partial charge on any atom is -0.493 e. The highest BCUT2D eigenvalue weighted by atomic mass is 79.9. The predicted octanol–water partition coefficient (Wildman–Crippen LogP) is 1.96. The fourth-order valence-corrected chi connectivity index (χ4v) is 3.98. The average molecular weight is 435 g/mol. The number of rotatable bonds is 6. The molecule has 1 aliphatic heterocycles. The van der Waals surface area contributed by atoms with Crippen LogP contribution in [0.4, 0.5) is 0 Å². The van der Waals surface area contributed by atoms with E-state index < -0.39 is 10.0 Å². The number of benzene rings is 1. The molecule has 0 spiro atoms. The largest absolute Gasteiger partial charge is 0.493 e. The van der Waals surface area contributed by atoms with Gasteiger partial charge in [-0.3, -0.25) is 4.79 Å². The molecule has 0 aromatic heterocycles. The zero-order chi connectivity index (χ0) is 18.6. The molecule has 25 heavy (non-hydrogen) atoms. The third-order valence-corrected chi connectivity index (χ3v) is 5.81. The Bertz CT molecular complexity index is 730. The van der Waals surface area contributed by atoms with E-state index in [1.807, 2.05) is 6.92 Å². The van der Waals surface area contributed by atoms with Gasteiger partial charge in [-0.25, -0.2) is 8.42 Å². The van der Waals surface area contributed by atoms with Crippen molar-refractivity contribution in [2.45, 2.75) is 13.3 Å². The maximum absolute atomic E-state index is 12.7.